The zero-order chi connectivity index (χ0) is 18.9. The van der Waals surface area contributed by atoms with Gasteiger partial charge in [0, 0.05) is 6.42 Å². The van der Waals surface area contributed by atoms with Crippen molar-refractivity contribution in [2.75, 3.05) is 6.61 Å². The van der Waals surface area contributed by atoms with Crippen molar-refractivity contribution in [3.05, 3.63) is 0 Å². The van der Waals surface area contributed by atoms with Crippen LogP contribution in [0, 0.1) is 0 Å². The third kappa shape index (κ3) is 9.62. The predicted molar refractivity (Wildman–Crippen MR) is 80.8 cm³/mol. The molecule has 0 aliphatic heterocycles. The van der Waals surface area contributed by atoms with Crippen molar-refractivity contribution in [3.63, 3.8) is 0 Å². The lowest BCUT2D eigenvalue weighted by molar-refractivity contribution is -0.157. The molecule has 2 atom stereocenters. The van der Waals surface area contributed by atoms with Crippen LogP contribution in [0.25, 0.3) is 0 Å². The Hall–Kier alpha value is -2.36. The number of hydrogen-bond donors (Lipinski definition) is 4. The van der Waals surface area contributed by atoms with Gasteiger partial charge in [-0.25, -0.2) is 14.4 Å². The summed E-state index contributed by atoms with van der Waals surface area (Å²) in [5, 5.41) is 22.5. The Morgan fingerprint density at radius 1 is 1.12 bits per heavy atom. The molecule has 24 heavy (non-hydrogen) atoms. The lowest BCUT2D eigenvalue weighted by Gasteiger charge is -2.22. The van der Waals surface area contributed by atoms with Gasteiger partial charge in [-0.2, -0.15) is 0 Å². The number of carbonyl (C=O) groups is 4. The number of nitrogens with one attached hydrogen (secondary N) is 2. The van der Waals surface area contributed by atoms with Crippen molar-refractivity contribution in [2.45, 2.75) is 58.4 Å². The number of esters is 1. The number of aliphatic hydroxyl groups is 1. The van der Waals surface area contributed by atoms with Crippen LogP contribution >= 0.6 is 0 Å². The van der Waals surface area contributed by atoms with E-state index in [0.29, 0.717) is 0 Å². The van der Waals surface area contributed by atoms with E-state index in [1.54, 1.807) is 20.8 Å². The highest BCUT2D eigenvalue weighted by atomic mass is 16.6. The summed E-state index contributed by atoms with van der Waals surface area (Å²) in [7, 11) is 0. The molecule has 0 heterocycles. The topological polar surface area (TPSA) is 151 Å². The molecular formula is C14H24N2O8. The second-order valence-electron chi connectivity index (χ2n) is 5.80. The Morgan fingerprint density at radius 3 is 2.17 bits per heavy atom. The lowest BCUT2D eigenvalue weighted by Crippen LogP contribution is -2.45. The van der Waals surface area contributed by atoms with Crippen molar-refractivity contribution >= 4 is 23.9 Å². The van der Waals surface area contributed by atoms with Gasteiger partial charge in [0.05, 0.1) is 6.61 Å². The number of carboxylic acid groups (broad SMARTS) is 1. The monoisotopic (exact) mass is 348 g/mol. The van der Waals surface area contributed by atoms with E-state index in [-0.39, 0.29) is 19.4 Å². The number of hydrogen-bond acceptors (Lipinski definition) is 7. The largest absolute Gasteiger partial charge is 0.480 e. The van der Waals surface area contributed by atoms with E-state index in [9.17, 15) is 24.3 Å². The second kappa shape index (κ2) is 9.71. The molecule has 138 valence electrons. The Kier molecular flexibility index (Phi) is 8.75. The molecule has 10 nitrogen and oxygen atoms in total. The molecule has 4 N–H and O–H groups in total. The van der Waals surface area contributed by atoms with Gasteiger partial charge >= 0.3 is 18.0 Å². The Bertz CT molecular complexity index is 472. The van der Waals surface area contributed by atoms with Gasteiger partial charge in [-0.05, 0) is 34.1 Å². The molecule has 0 saturated carbocycles. The van der Waals surface area contributed by atoms with E-state index in [4.69, 9.17) is 9.84 Å². The Morgan fingerprint density at radius 2 is 1.71 bits per heavy atom. The highest BCUT2D eigenvalue weighted by Gasteiger charge is 2.25. The minimum absolute atomic E-state index is 0.0344. The van der Waals surface area contributed by atoms with Crippen LogP contribution in [0.3, 0.4) is 0 Å². The van der Waals surface area contributed by atoms with Crippen LogP contribution in [0.5, 0.6) is 0 Å². The first-order valence-electron chi connectivity index (χ1n) is 7.32. The van der Waals surface area contributed by atoms with Crippen LogP contribution in [0.15, 0.2) is 0 Å². The summed E-state index contributed by atoms with van der Waals surface area (Å²) in [6, 6.07) is -1.36. The fraction of sp³-hybridized carbons (Fsp3) is 0.714. The summed E-state index contributed by atoms with van der Waals surface area (Å²) >= 11 is 0. The Labute approximate surface area is 139 Å². The van der Waals surface area contributed by atoms with Crippen LogP contribution in [-0.2, 0) is 23.9 Å². The van der Waals surface area contributed by atoms with Crippen molar-refractivity contribution in [2.24, 2.45) is 0 Å². The summed E-state index contributed by atoms with van der Waals surface area (Å²) in [5.41, 5.74) is -0.797. The molecule has 0 saturated heterocycles. The number of amides is 2. The van der Waals surface area contributed by atoms with E-state index in [1.165, 1.54) is 6.92 Å². The fourth-order valence-corrected chi connectivity index (χ4v) is 1.49. The van der Waals surface area contributed by atoms with Gasteiger partial charge in [-0.15, -0.1) is 0 Å². The lowest BCUT2D eigenvalue weighted by atomic mass is 10.1. The molecule has 0 spiro atoms. The van der Waals surface area contributed by atoms with Gasteiger partial charge in [-0.3, -0.25) is 4.79 Å². The smallest absolute Gasteiger partial charge is 0.408 e. The minimum atomic E-state index is -1.83. The van der Waals surface area contributed by atoms with Crippen LogP contribution in [0.2, 0.25) is 0 Å². The molecule has 0 aromatic carbocycles. The first-order chi connectivity index (χ1) is 11.0. The third-order valence-corrected chi connectivity index (χ3v) is 2.46. The van der Waals surface area contributed by atoms with Crippen LogP contribution in [0.4, 0.5) is 4.79 Å². The number of aliphatic hydroxyl groups excluding tert-OH is 1. The van der Waals surface area contributed by atoms with Crippen molar-refractivity contribution in [1.29, 1.82) is 0 Å². The summed E-state index contributed by atoms with van der Waals surface area (Å²) < 4.78 is 9.43. The first-order valence-corrected chi connectivity index (χ1v) is 7.32. The number of ether oxygens (including phenoxy) is 2. The summed E-state index contributed by atoms with van der Waals surface area (Å²) in [6.07, 6.45) is -3.36. The van der Waals surface area contributed by atoms with Crippen LogP contribution in [0.1, 0.15) is 40.5 Å². The summed E-state index contributed by atoms with van der Waals surface area (Å²) in [6.45, 7) is 6.42. The normalized spacial score (nSPS) is 13.4. The predicted octanol–water partition coefficient (Wildman–Crippen LogP) is -0.258. The van der Waals surface area contributed by atoms with E-state index >= 15 is 0 Å². The van der Waals surface area contributed by atoms with Crippen molar-refractivity contribution in [1.82, 2.24) is 10.6 Å². The summed E-state index contributed by atoms with van der Waals surface area (Å²) in [5.74, 6) is -3.14. The molecular weight excluding hydrogens is 324 g/mol. The standard InChI is InChI=1S/C14H24N2O8/c1-5-23-12(21)10(18)16-9(17)7-6-8(11(19)20)15-13(22)24-14(2,3)4/h8,10,18H,5-7H2,1-4H3,(H,15,22)(H,16,17)(H,19,20)/t8-,10+/m0/s1. The maximum atomic E-state index is 11.6. The van der Waals surface area contributed by atoms with Crippen molar-refractivity contribution < 1.29 is 38.9 Å². The van der Waals surface area contributed by atoms with Gasteiger partial charge in [0.25, 0.3) is 0 Å². The SMILES string of the molecule is CCOC(=O)[C@@H](O)NC(=O)CC[C@H](NC(=O)OC(C)(C)C)C(=O)O. The number of carbonyl (C=O) groups excluding carboxylic acids is 3. The van der Waals surface area contributed by atoms with Crippen LogP contribution < -0.4 is 10.6 Å². The molecule has 2 amide bonds. The van der Waals surface area contributed by atoms with Gasteiger partial charge in [-0.1, -0.05) is 0 Å². The third-order valence-electron chi connectivity index (χ3n) is 2.46. The molecule has 0 bridgehead atoms. The minimum Gasteiger partial charge on any atom is -0.480 e. The number of alkyl carbamates (subject to hydrolysis) is 1. The molecule has 0 aliphatic carbocycles. The van der Waals surface area contributed by atoms with E-state index < -0.39 is 41.8 Å². The quantitative estimate of drug-likeness (QED) is 0.346. The van der Waals surface area contributed by atoms with Crippen molar-refractivity contribution in [3.8, 4) is 0 Å². The first kappa shape index (κ1) is 21.6. The van der Waals surface area contributed by atoms with E-state index in [1.807, 2.05) is 5.32 Å². The second-order valence-corrected chi connectivity index (χ2v) is 5.80. The van der Waals surface area contributed by atoms with Crippen LogP contribution in [-0.4, -0.2) is 58.6 Å². The maximum Gasteiger partial charge on any atom is 0.408 e. The highest BCUT2D eigenvalue weighted by Crippen LogP contribution is 2.08. The number of carboxylic acids is 1. The zero-order valence-corrected chi connectivity index (χ0v) is 14.1. The Balaban J connectivity index is 4.44. The molecule has 0 unspecified atom stereocenters. The molecule has 0 aliphatic rings. The van der Waals surface area contributed by atoms with Gasteiger partial charge in [0.1, 0.15) is 11.6 Å². The average molecular weight is 348 g/mol. The highest BCUT2D eigenvalue weighted by molar-refractivity contribution is 5.84. The van der Waals surface area contributed by atoms with E-state index in [2.05, 4.69) is 10.1 Å². The van der Waals surface area contributed by atoms with Gasteiger partial charge < -0.3 is 30.3 Å². The number of aliphatic carboxylic acids is 1. The fourth-order valence-electron chi connectivity index (χ4n) is 1.49. The maximum absolute atomic E-state index is 11.6. The summed E-state index contributed by atoms with van der Waals surface area (Å²) in [4.78, 5) is 45.4. The van der Waals surface area contributed by atoms with Gasteiger partial charge in [0.15, 0.2) is 0 Å². The number of rotatable bonds is 8. The van der Waals surface area contributed by atoms with E-state index in [0.717, 1.165) is 0 Å². The molecule has 10 heteroatoms. The molecule has 0 rings (SSSR count). The molecule has 0 radical (unpaired) electrons. The molecule has 0 fully saturated rings. The molecule has 0 aromatic rings. The molecule has 0 aromatic heterocycles. The zero-order valence-electron chi connectivity index (χ0n) is 14.1. The average Bonchev–Trinajstić information content (AvgIpc) is 2.41. The van der Waals surface area contributed by atoms with Gasteiger partial charge in [0.2, 0.25) is 12.1 Å².